The van der Waals surface area contributed by atoms with Crippen molar-refractivity contribution >= 4 is 5.82 Å². The highest BCUT2D eigenvalue weighted by atomic mass is 15.2. The first-order valence-corrected chi connectivity index (χ1v) is 8.31. The molecule has 4 nitrogen and oxygen atoms in total. The molecule has 3 unspecified atom stereocenters. The lowest BCUT2D eigenvalue weighted by atomic mass is 9.78. The molecule has 3 rings (SSSR count). The van der Waals surface area contributed by atoms with Gasteiger partial charge in [-0.25, -0.2) is 4.98 Å². The Labute approximate surface area is 128 Å². The van der Waals surface area contributed by atoms with Crippen molar-refractivity contribution < 1.29 is 0 Å². The number of rotatable bonds is 4. The van der Waals surface area contributed by atoms with E-state index in [1.165, 1.54) is 37.9 Å². The van der Waals surface area contributed by atoms with Gasteiger partial charge in [-0.15, -0.1) is 0 Å². The third kappa shape index (κ3) is 3.22. The summed E-state index contributed by atoms with van der Waals surface area (Å²) in [6.07, 6.45) is 5.93. The van der Waals surface area contributed by atoms with Crippen molar-refractivity contribution in [1.29, 1.82) is 0 Å². The lowest BCUT2D eigenvalue weighted by Gasteiger charge is -2.29. The molecule has 1 aliphatic heterocycles. The fourth-order valence-corrected chi connectivity index (χ4v) is 3.89. The average Bonchev–Trinajstić information content (AvgIpc) is 2.91. The number of anilines is 1. The Morgan fingerprint density at radius 2 is 2.19 bits per heavy atom. The zero-order valence-corrected chi connectivity index (χ0v) is 13.3. The summed E-state index contributed by atoms with van der Waals surface area (Å²) in [5, 5.41) is 0. The van der Waals surface area contributed by atoms with E-state index in [9.17, 15) is 0 Å². The monoisotopic (exact) mass is 288 g/mol. The molecule has 0 amide bonds. The van der Waals surface area contributed by atoms with Gasteiger partial charge in [0.05, 0.1) is 0 Å². The highest BCUT2D eigenvalue weighted by molar-refractivity contribution is 5.37. The lowest BCUT2D eigenvalue weighted by Crippen LogP contribution is -2.38. The molecule has 4 heteroatoms. The van der Waals surface area contributed by atoms with E-state index in [1.807, 2.05) is 6.20 Å². The summed E-state index contributed by atoms with van der Waals surface area (Å²) in [5.74, 6) is 2.60. The van der Waals surface area contributed by atoms with E-state index in [1.54, 1.807) is 0 Å². The van der Waals surface area contributed by atoms with Crippen LogP contribution in [0, 0.1) is 11.8 Å². The molecule has 1 saturated heterocycles. The Bertz CT molecular complexity index is 458. The quantitative estimate of drug-likeness (QED) is 0.921. The van der Waals surface area contributed by atoms with Gasteiger partial charge >= 0.3 is 0 Å². The van der Waals surface area contributed by atoms with Crippen LogP contribution in [0.5, 0.6) is 0 Å². The smallest absolute Gasteiger partial charge is 0.128 e. The Balaban J connectivity index is 1.60. The van der Waals surface area contributed by atoms with Crippen molar-refractivity contribution in [1.82, 2.24) is 9.88 Å². The summed E-state index contributed by atoms with van der Waals surface area (Å²) in [5.41, 5.74) is 7.61. The predicted molar refractivity (Wildman–Crippen MR) is 87.3 cm³/mol. The topological polar surface area (TPSA) is 45.4 Å². The fraction of sp³-hybridized carbons (Fsp3) is 0.706. The van der Waals surface area contributed by atoms with Crippen LogP contribution in [-0.2, 0) is 6.54 Å². The fourth-order valence-electron chi connectivity index (χ4n) is 3.89. The minimum Gasteiger partial charge on any atom is -0.360 e. The Kier molecular flexibility index (Phi) is 4.45. The summed E-state index contributed by atoms with van der Waals surface area (Å²) >= 11 is 0. The molecule has 2 fully saturated rings. The lowest BCUT2D eigenvalue weighted by molar-refractivity contribution is 0.259. The van der Waals surface area contributed by atoms with Gasteiger partial charge in [0.1, 0.15) is 5.82 Å². The van der Waals surface area contributed by atoms with Crippen LogP contribution in [-0.4, -0.2) is 42.6 Å². The number of hydrogen-bond acceptors (Lipinski definition) is 4. The maximum Gasteiger partial charge on any atom is 0.128 e. The van der Waals surface area contributed by atoms with E-state index in [0.29, 0.717) is 6.04 Å². The second-order valence-corrected chi connectivity index (χ2v) is 6.75. The minimum absolute atomic E-state index is 0.424. The van der Waals surface area contributed by atoms with Crippen LogP contribution in [0.3, 0.4) is 0 Å². The summed E-state index contributed by atoms with van der Waals surface area (Å²) < 4.78 is 0. The van der Waals surface area contributed by atoms with Crippen molar-refractivity contribution in [2.75, 3.05) is 31.6 Å². The summed E-state index contributed by atoms with van der Waals surface area (Å²) in [6.45, 7) is 6.53. The van der Waals surface area contributed by atoms with E-state index in [-0.39, 0.29) is 0 Å². The van der Waals surface area contributed by atoms with Gasteiger partial charge in [0.15, 0.2) is 0 Å². The molecule has 2 heterocycles. The van der Waals surface area contributed by atoms with Crippen LogP contribution in [0.15, 0.2) is 18.3 Å². The first-order chi connectivity index (χ1) is 10.2. The van der Waals surface area contributed by atoms with Crippen LogP contribution >= 0.6 is 0 Å². The second kappa shape index (κ2) is 6.32. The van der Waals surface area contributed by atoms with Crippen LogP contribution in [0.1, 0.15) is 31.7 Å². The van der Waals surface area contributed by atoms with Crippen molar-refractivity contribution in [3.05, 3.63) is 23.9 Å². The van der Waals surface area contributed by atoms with Crippen LogP contribution < -0.4 is 10.6 Å². The SMILES string of the molecule is CCN(C)c1ccc(CN2CC3CCCC(N)C3C2)cn1. The Morgan fingerprint density at radius 3 is 2.86 bits per heavy atom. The molecule has 1 aromatic rings. The van der Waals surface area contributed by atoms with Gasteiger partial charge in [-0.05, 0) is 43.2 Å². The number of pyridine rings is 1. The number of nitrogens with zero attached hydrogens (tertiary/aromatic N) is 3. The molecule has 2 N–H and O–H groups in total. The van der Waals surface area contributed by atoms with Crippen molar-refractivity contribution in [2.24, 2.45) is 17.6 Å². The zero-order chi connectivity index (χ0) is 14.8. The standard InChI is InChI=1S/C17H28N4/c1-3-20(2)17-8-7-13(9-19-17)10-21-11-14-5-4-6-16(18)15(14)12-21/h7-9,14-16H,3-6,10-12,18H2,1-2H3. The Morgan fingerprint density at radius 1 is 1.33 bits per heavy atom. The molecule has 1 saturated carbocycles. The molecule has 2 aliphatic rings. The van der Waals surface area contributed by atoms with Crippen molar-refractivity contribution in [3.8, 4) is 0 Å². The zero-order valence-electron chi connectivity index (χ0n) is 13.3. The second-order valence-electron chi connectivity index (χ2n) is 6.75. The largest absolute Gasteiger partial charge is 0.360 e. The van der Waals surface area contributed by atoms with Gasteiger partial charge < -0.3 is 10.6 Å². The van der Waals surface area contributed by atoms with E-state index >= 15 is 0 Å². The van der Waals surface area contributed by atoms with Gasteiger partial charge in [0, 0.05) is 45.5 Å². The van der Waals surface area contributed by atoms with Gasteiger partial charge in [-0.2, -0.15) is 0 Å². The number of nitrogens with two attached hydrogens (primary N) is 1. The summed E-state index contributed by atoms with van der Waals surface area (Å²) in [6, 6.07) is 4.77. The normalized spacial score (nSPS) is 29.4. The van der Waals surface area contributed by atoms with Gasteiger partial charge in [0.25, 0.3) is 0 Å². The predicted octanol–water partition coefficient (Wildman–Crippen LogP) is 2.10. The summed E-state index contributed by atoms with van der Waals surface area (Å²) in [7, 11) is 2.08. The van der Waals surface area contributed by atoms with Gasteiger partial charge in [0.2, 0.25) is 0 Å². The highest BCUT2D eigenvalue weighted by Crippen LogP contribution is 2.36. The van der Waals surface area contributed by atoms with E-state index in [4.69, 9.17) is 5.73 Å². The van der Waals surface area contributed by atoms with E-state index in [2.05, 4.69) is 40.9 Å². The molecule has 0 bridgehead atoms. The van der Waals surface area contributed by atoms with Crippen molar-refractivity contribution in [2.45, 2.75) is 38.8 Å². The first-order valence-electron chi connectivity index (χ1n) is 8.31. The molecular formula is C17H28N4. The molecule has 3 atom stereocenters. The molecule has 1 aliphatic carbocycles. The molecule has 0 spiro atoms. The van der Waals surface area contributed by atoms with Crippen LogP contribution in [0.25, 0.3) is 0 Å². The Hall–Kier alpha value is -1.13. The number of aromatic nitrogens is 1. The van der Waals surface area contributed by atoms with E-state index < -0.39 is 0 Å². The molecule has 116 valence electrons. The first kappa shape index (κ1) is 14.8. The van der Waals surface area contributed by atoms with Gasteiger partial charge in [-0.3, -0.25) is 4.90 Å². The highest BCUT2D eigenvalue weighted by Gasteiger charge is 2.38. The third-order valence-electron chi connectivity index (χ3n) is 5.31. The maximum atomic E-state index is 6.30. The maximum absolute atomic E-state index is 6.30. The van der Waals surface area contributed by atoms with Crippen LogP contribution in [0.4, 0.5) is 5.82 Å². The third-order valence-corrected chi connectivity index (χ3v) is 5.31. The number of likely N-dealkylation sites (tertiary alicyclic amines) is 1. The minimum atomic E-state index is 0.424. The van der Waals surface area contributed by atoms with Gasteiger partial charge in [-0.1, -0.05) is 12.5 Å². The van der Waals surface area contributed by atoms with E-state index in [0.717, 1.165) is 30.7 Å². The molecule has 0 aromatic carbocycles. The van der Waals surface area contributed by atoms with Crippen LogP contribution in [0.2, 0.25) is 0 Å². The molecule has 0 radical (unpaired) electrons. The molecule has 1 aromatic heterocycles. The average molecular weight is 288 g/mol. The number of hydrogen-bond donors (Lipinski definition) is 1. The molecule has 21 heavy (non-hydrogen) atoms. The number of fused-ring (bicyclic) bond motifs is 1. The molecular weight excluding hydrogens is 260 g/mol. The summed E-state index contributed by atoms with van der Waals surface area (Å²) in [4.78, 5) is 9.30. The van der Waals surface area contributed by atoms with Crippen molar-refractivity contribution in [3.63, 3.8) is 0 Å².